The summed E-state index contributed by atoms with van der Waals surface area (Å²) < 4.78 is 0. The van der Waals surface area contributed by atoms with E-state index in [1.54, 1.807) is 6.92 Å². The average molecular weight is 255 g/mol. The second-order valence-electron chi connectivity index (χ2n) is 3.82. The molecule has 0 saturated carbocycles. The van der Waals surface area contributed by atoms with E-state index in [-0.39, 0.29) is 18.9 Å². The van der Waals surface area contributed by atoms with Crippen LogP contribution in [0, 0.1) is 12.3 Å². The molecule has 100 valence electrons. The fourth-order valence-corrected chi connectivity index (χ4v) is 1.20. The van der Waals surface area contributed by atoms with Gasteiger partial charge < -0.3 is 21.5 Å². The lowest BCUT2D eigenvalue weighted by atomic mass is 10.1. The second-order valence-corrected chi connectivity index (χ2v) is 3.82. The van der Waals surface area contributed by atoms with Crippen LogP contribution in [0.15, 0.2) is 0 Å². The summed E-state index contributed by atoms with van der Waals surface area (Å²) in [4.78, 5) is 32.8. The number of carbonyl (C=O) groups is 3. The third-order valence-electron chi connectivity index (χ3n) is 2.08. The number of nitrogens with one attached hydrogen (secondary N) is 2. The molecule has 5 N–H and O–H groups in total. The molecule has 3 amide bonds. The molecule has 0 aromatic rings. The molecule has 0 saturated heterocycles. The number of carboxylic acid groups (broad SMARTS) is 1. The lowest BCUT2D eigenvalue weighted by Crippen LogP contribution is -2.48. The standard InChI is InChI=1S/C11H17N3O4/c1-3-4-7(2)13-11(18)14-8(10(16)17)5-6-9(12)15/h1,7-8H,4-6H2,2H3,(H2,12,15)(H,16,17)(H2,13,14,18)/t7?,8-/m0/s1. The van der Waals surface area contributed by atoms with Gasteiger partial charge in [0.15, 0.2) is 0 Å². The van der Waals surface area contributed by atoms with Crippen LogP contribution in [-0.2, 0) is 9.59 Å². The van der Waals surface area contributed by atoms with Gasteiger partial charge in [-0.25, -0.2) is 9.59 Å². The summed E-state index contributed by atoms with van der Waals surface area (Å²) in [5.41, 5.74) is 4.91. The van der Waals surface area contributed by atoms with Crippen molar-refractivity contribution in [2.75, 3.05) is 0 Å². The van der Waals surface area contributed by atoms with Gasteiger partial charge in [0.05, 0.1) is 0 Å². The Labute approximate surface area is 105 Å². The molecule has 0 aromatic carbocycles. The molecule has 0 bridgehead atoms. The predicted octanol–water partition coefficient (Wildman–Crippen LogP) is -0.584. The third-order valence-corrected chi connectivity index (χ3v) is 2.08. The zero-order valence-electron chi connectivity index (χ0n) is 10.1. The second kappa shape index (κ2) is 7.95. The predicted molar refractivity (Wildman–Crippen MR) is 64.4 cm³/mol. The van der Waals surface area contributed by atoms with Crippen molar-refractivity contribution in [3.63, 3.8) is 0 Å². The Morgan fingerprint density at radius 2 is 2.00 bits per heavy atom. The molecule has 0 aliphatic rings. The van der Waals surface area contributed by atoms with Gasteiger partial charge in [-0.3, -0.25) is 4.79 Å². The summed E-state index contributed by atoms with van der Waals surface area (Å²) in [6, 6.07) is -2.06. The molecule has 7 nitrogen and oxygen atoms in total. The number of carboxylic acids is 1. The summed E-state index contributed by atoms with van der Waals surface area (Å²) in [6.07, 6.45) is 5.24. The van der Waals surface area contributed by atoms with Gasteiger partial charge in [0.1, 0.15) is 6.04 Å². The van der Waals surface area contributed by atoms with Gasteiger partial charge in [0.25, 0.3) is 0 Å². The van der Waals surface area contributed by atoms with E-state index < -0.39 is 23.9 Å². The van der Waals surface area contributed by atoms with E-state index in [2.05, 4.69) is 16.6 Å². The summed E-state index contributed by atoms with van der Waals surface area (Å²) in [7, 11) is 0. The maximum atomic E-state index is 11.4. The van der Waals surface area contributed by atoms with Gasteiger partial charge in [-0.1, -0.05) is 0 Å². The van der Waals surface area contributed by atoms with Crippen LogP contribution in [0.3, 0.4) is 0 Å². The Morgan fingerprint density at radius 1 is 1.39 bits per heavy atom. The van der Waals surface area contributed by atoms with Crippen LogP contribution < -0.4 is 16.4 Å². The third kappa shape index (κ3) is 7.11. The van der Waals surface area contributed by atoms with Crippen molar-refractivity contribution in [3.05, 3.63) is 0 Å². The number of amides is 3. The Bertz CT molecular complexity index is 362. The van der Waals surface area contributed by atoms with Crippen LogP contribution in [0.5, 0.6) is 0 Å². The van der Waals surface area contributed by atoms with E-state index in [1.165, 1.54) is 0 Å². The van der Waals surface area contributed by atoms with E-state index in [9.17, 15) is 14.4 Å². The summed E-state index contributed by atoms with van der Waals surface area (Å²) >= 11 is 0. The fourth-order valence-electron chi connectivity index (χ4n) is 1.20. The van der Waals surface area contributed by atoms with Gasteiger partial charge in [0.2, 0.25) is 5.91 Å². The molecule has 2 atom stereocenters. The fraction of sp³-hybridized carbons (Fsp3) is 0.545. The number of hydrogen-bond donors (Lipinski definition) is 4. The molecule has 0 aliphatic carbocycles. The highest BCUT2D eigenvalue weighted by Gasteiger charge is 2.20. The van der Waals surface area contributed by atoms with Crippen molar-refractivity contribution >= 4 is 17.9 Å². The topological polar surface area (TPSA) is 122 Å². The average Bonchev–Trinajstić information content (AvgIpc) is 2.23. The number of terminal acetylenes is 1. The number of carbonyl (C=O) groups excluding carboxylic acids is 2. The molecule has 0 heterocycles. The van der Waals surface area contributed by atoms with E-state index >= 15 is 0 Å². The largest absolute Gasteiger partial charge is 0.480 e. The zero-order valence-corrected chi connectivity index (χ0v) is 10.1. The van der Waals surface area contributed by atoms with Crippen molar-refractivity contribution in [1.29, 1.82) is 0 Å². The lowest BCUT2D eigenvalue weighted by Gasteiger charge is -2.16. The maximum Gasteiger partial charge on any atom is 0.326 e. The summed E-state index contributed by atoms with van der Waals surface area (Å²) in [5, 5.41) is 13.6. The van der Waals surface area contributed by atoms with Crippen molar-refractivity contribution in [2.45, 2.75) is 38.3 Å². The van der Waals surface area contributed by atoms with Crippen molar-refractivity contribution in [2.24, 2.45) is 5.73 Å². The molecule has 0 radical (unpaired) electrons. The molecule has 0 aliphatic heterocycles. The van der Waals surface area contributed by atoms with Crippen LogP contribution in [0.25, 0.3) is 0 Å². The normalized spacial score (nSPS) is 12.9. The number of primary amides is 1. The molecule has 0 rings (SSSR count). The highest BCUT2D eigenvalue weighted by Crippen LogP contribution is 1.98. The first-order valence-corrected chi connectivity index (χ1v) is 5.38. The molecular weight excluding hydrogens is 238 g/mol. The first-order chi connectivity index (χ1) is 8.36. The molecular formula is C11H17N3O4. The lowest BCUT2D eigenvalue weighted by molar-refractivity contribution is -0.139. The number of urea groups is 1. The van der Waals surface area contributed by atoms with E-state index in [0.717, 1.165) is 0 Å². The smallest absolute Gasteiger partial charge is 0.326 e. The molecule has 0 spiro atoms. The number of rotatable bonds is 7. The first-order valence-electron chi connectivity index (χ1n) is 5.38. The van der Waals surface area contributed by atoms with Gasteiger partial charge >= 0.3 is 12.0 Å². The zero-order chi connectivity index (χ0) is 14.1. The van der Waals surface area contributed by atoms with Crippen molar-refractivity contribution in [1.82, 2.24) is 10.6 Å². The quantitative estimate of drug-likeness (QED) is 0.454. The van der Waals surface area contributed by atoms with Crippen LogP contribution >= 0.6 is 0 Å². The van der Waals surface area contributed by atoms with Gasteiger partial charge in [-0.2, -0.15) is 0 Å². The van der Waals surface area contributed by atoms with Crippen molar-refractivity contribution in [3.8, 4) is 12.3 Å². The molecule has 0 fully saturated rings. The number of aliphatic carboxylic acids is 1. The maximum absolute atomic E-state index is 11.4. The molecule has 18 heavy (non-hydrogen) atoms. The molecule has 1 unspecified atom stereocenters. The van der Waals surface area contributed by atoms with Crippen LogP contribution in [0.1, 0.15) is 26.2 Å². The molecule has 7 heteroatoms. The first kappa shape index (κ1) is 15.8. The SMILES string of the molecule is C#CCC(C)NC(=O)N[C@@H](CCC(N)=O)C(=O)O. The van der Waals surface area contributed by atoms with E-state index in [4.69, 9.17) is 17.3 Å². The van der Waals surface area contributed by atoms with Crippen molar-refractivity contribution < 1.29 is 19.5 Å². The highest BCUT2D eigenvalue weighted by atomic mass is 16.4. The monoisotopic (exact) mass is 255 g/mol. The van der Waals surface area contributed by atoms with Crippen LogP contribution in [0.2, 0.25) is 0 Å². The van der Waals surface area contributed by atoms with E-state index in [0.29, 0.717) is 6.42 Å². The summed E-state index contributed by atoms with van der Waals surface area (Å²) in [5.74, 6) is 0.522. The van der Waals surface area contributed by atoms with Gasteiger partial charge in [-0.05, 0) is 13.3 Å². The van der Waals surface area contributed by atoms with E-state index in [1.807, 2.05) is 0 Å². The van der Waals surface area contributed by atoms with Gasteiger partial charge in [0, 0.05) is 18.9 Å². The summed E-state index contributed by atoms with van der Waals surface area (Å²) in [6.45, 7) is 1.69. The number of hydrogen-bond acceptors (Lipinski definition) is 3. The molecule has 0 aromatic heterocycles. The minimum Gasteiger partial charge on any atom is -0.480 e. The minimum absolute atomic E-state index is 0.0540. The van der Waals surface area contributed by atoms with Gasteiger partial charge in [-0.15, -0.1) is 12.3 Å². The minimum atomic E-state index is -1.23. The van der Waals surface area contributed by atoms with Crippen LogP contribution in [-0.4, -0.2) is 35.1 Å². The number of nitrogens with two attached hydrogens (primary N) is 1. The Morgan fingerprint density at radius 3 is 2.44 bits per heavy atom. The highest BCUT2D eigenvalue weighted by molar-refractivity contribution is 5.83. The Kier molecular flexibility index (Phi) is 6.96. The Balaban J connectivity index is 4.24. The Hall–Kier alpha value is -2.23. The van der Waals surface area contributed by atoms with Crippen LogP contribution in [0.4, 0.5) is 4.79 Å².